The molecule has 0 bridgehead atoms. The summed E-state index contributed by atoms with van der Waals surface area (Å²) in [5.74, 6) is 0. The van der Waals surface area contributed by atoms with Crippen LogP contribution in [-0.4, -0.2) is 0 Å². The molecule has 70 heavy (non-hydrogen) atoms. The number of rotatable bonds is 8. The number of aryl methyl sites for hydroxylation is 4. The number of hydrogen-bond donors (Lipinski definition) is 0. The Morgan fingerprint density at radius 3 is 1.04 bits per heavy atom. The molecule has 0 unspecified atom stereocenters. The molecular formula is C66H48N2O2. The average Bonchev–Trinajstić information content (AvgIpc) is 3.92. The molecule has 2 heterocycles. The van der Waals surface area contributed by atoms with Gasteiger partial charge in [0.25, 0.3) is 0 Å². The van der Waals surface area contributed by atoms with Gasteiger partial charge in [-0.1, -0.05) is 133 Å². The molecule has 4 nitrogen and oxygen atoms in total. The van der Waals surface area contributed by atoms with Gasteiger partial charge in [0.15, 0.2) is 0 Å². The first-order valence-corrected chi connectivity index (χ1v) is 24.1. The minimum Gasteiger partial charge on any atom is -0.456 e. The van der Waals surface area contributed by atoms with Crippen LogP contribution in [0.3, 0.4) is 0 Å². The Labute approximate surface area is 406 Å². The van der Waals surface area contributed by atoms with E-state index in [0.717, 1.165) is 88.2 Å². The van der Waals surface area contributed by atoms with Crippen LogP contribution < -0.4 is 9.80 Å². The van der Waals surface area contributed by atoms with Crippen LogP contribution in [0.15, 0.2) is 227 Å². The highest BCUT2D eigenvalue weighted by Crippen LogP contribution is 2.45. The highest BCUT2D eigenvalue weighted by atomic mass is 16.3. The van der Waals surface area contributed by atoms with Gasteiger partial charge in [-0.15, -0.1) is 0 Å². The van der Waals surface area contributed by atoms with Crippen molar-refractivity contribution in [1.82, 2.24) is 0 Å². The molecule has 0 aliphatic heterocycles. The quantitative estimate of drug-likeness (QED) is 0.152. The molecule has 13 rings (SSSR count). The minimum absolute atomic E-state index is 0.806. The lowest BCUT2D eigenvalue weighted by Crippen LogP contribution is -2.13. The van der Waals surface area contributed by atoms with Crippen LogP contribution in [0.5, 0.6) is 0 Å². The number of fused-ring (bicyclic) bond motifs is 8. The van der Waals surface area contributed by atoms with E-state index in [1.807, 2.05) is 0 Å². The summed E-state index contributed by atoms with van der Waals surface area (Å²) in [6.45, 7) is 8.79. The Hall–Kier alpha value is -8.86. The van der Waals surface area contributed by atoms with Gasteiger partial charge in [0.1, 0.15) is 22.3 Å². The van der Waals surface area contributed by atoms with Crippen molar-refractivity contribution in [3.05, 3.63) is 241 Å². The van der Waals surface area contributed by atoms with Gasteiger partial charge in [-0.05, 0) is 173 Å². The molecule has 0 aliphatic rings. The van der Waals surface area contributed by atoms with E-state index < -0.39 is 0 Å². The summed E-state index contributed by atoms with van der Waals surface area (Å²) in [5, 5.41) is 8.84. The SMILES string of the molecule is Cc1cccc(C)c1N(c1cccc(-c2ccccc2)c1)c1ccc2cc3c(cc2c1)oc1cc2oc4cc5cc(N(c6cccc(-c7ccccc7)c6)c6c(C)cccc6C)ccc5cc4c2cc13. The van der Waals surface area contributed by atoms with E-state index in [9.17, 15) is 0 Å². The lowest BCUT2D eigenvalue weighted by Gasteiger charge is -2.29. The van der Waals surface area contributed by atoms with E-state index in [0.29, 0.717) is 0 Å². The molecule has 334 valence electrons. The van der Waals surface area contributed by atoms with E-state index in [4.69, 9.17) is 8.83 Å². The zero-order valence-electron chi connectivity index (χ0n) is 39.5. The topological polar surface area (TPSA) is 32.8 Å². The van der Waals surface area contributed by atoms with Crippen molar-refractivity contribution >= 4 is 99.5 Å². The van der Waals surface area contributed by atoms with E-state index in [1.165, 1.54) is 55.9 Å². The second kappa shape index (κ2) is 16.4. The fourth-order valence-corrected chi connectivity index (χ4v) is 10.8. The molecule has 11 aromatic carbocycles. The monoisotopic (exact) mass is 900 g/mol. The van der Waals surface area contributed by atoms with Crippen molar-refractivity contribution in [2.45, 2.75) is 27.7 Å². The number of benzene rings is 11. The third kappa shape index (κ3) is 6.99. The van der Waals surface area contributed by atoms with E-state index in [-0.39, 0.29) is 0 Å². The van der Waals surface area contributed by atoms with Crippen LogP contribution in [-0.2, 0) is 0 Å². The van der Waals surface area contributed by atoms with Gasteiger partial charge in [0.2, 0.25) is 0 Å². The molecule has 4 heteroatoms. The van der Waals surface area contributed by atoms with Crippen molar-refractivity contribution < 1.29 is 8.83 Å². The maximum absolute atomic E-state index is 6.72. The summed E-state index contributed by atoms with van der Waals surface area (Å²) in [5.41, 5.74) is 19.7. The van der Waals surface area contributed by atoms with Crippen LogP contribution in [0.25, 0.3) is 87.7 Å². The molecule has 0 aliphatic carbocycles. The van der Waals surface area contributed by atoms with Crippen LogP contribution in [0.2, 0.25) is 0 Å². The summed E-state index contributed by atoms with van der Waals surface area (Å²) >= 11 is 0. The fourth-order valence-electron chi connectivity index (χ4n) is 10.8. The van der Waals surface area contributed by atoms with Crippen LogP contribution in [0, 0.1) is 27.7 Å². The van der Waals surface area contributed by atoms with Crippen LogP contribution >= 0.6 is 0 Å². The van der Waals surface area contributed by atoms with Gasteiger partial charge in [-0.3, -0.25) is 0 Å². The van der Waals surface area contributed by atoms with Crippen molar-refractivity contribution in [1.29, 1.82) is 0 Å². The first kappa shape index (κ1) is 41.3. The Balaban J connectivity index is 0.899. The first-order valence-electron chi connectivity index (χ1n) is 24.1. The number of furan rings is 2. The molecule has 0 amide bonds. The molecule has 0 saturated carbocycles. The van der Waals surface area contributed by atoms with Crippen molar-refractivity contribution in [2.75, 3.05) is 9.80 Å². The zero-order chi connectivity index (χ0) is 47.0. The smallest absolute Gasteiger partial charge is 0.139 e. The molecule has 2 aromatic heterocycles. The molecule has 0 N–H and O–H groups in total. The van der Waals surface area contributed by atoms with Crippen LogP contribution in [0.4, 0.5) is 34.1 Å². The average molecular weight is 901 g/mol. The Kier molecular flexibility index (Phi) is 9.70. The summed E-state index contributed by atoms with van der Waals surface area (Å²) in [7, 11) is 0. The summed E-state index contributed by atoms with van der Waals surface area (Å²) in [4.78, 5) is 4.80. The van der Waals surface area contributed by atoms with E-state index in [1.54, 1.807) is 0 Å². The number of nitrogens with zero attached hydrogens (tertiary/aromatic N) is 2. The van der Waals surface area contributed by atoms with Gasteiger partial charge in [0, 0.05) is 50.4 Å². The molecule has 0 saturated heterocycles. The van der Waals surface area contributed by atoms with Gasteiger partial charge in [-0.2, -0.15) is 0 Å². The van der Waals surface area contributed by atoms with Gasteiger partial charge < -0.3 is 18.6 Å². The van der Waals surface area contributed by atoms with Crippen molar-refractivity contribution in [2.24, 2.45) is 0 Å². The molecule has 0 fully saturated rings. The highest BCUT2D eigenvalue weighted by Gasteiger charge is 2.22. The Morgan fingerprint density at radius 1 is 0.257 bits per heavy atom. The molecule has 13 aromatic rings. The molecule has 0 radical (unpaired) electrons. The predicted octanol–water partition coefficient (Wildman–Crippen LogP) is 19.3. The number of para-hydroxylation sites is 2. The summed E-state index contributed by atoms with van der Waals surface area (Å²) < 4.78 is 13.4. The molecule has 0 spiro atoms. The highest BCUT2D eigenvalue weighted by molar-refractivity contribution is 6.18. The minimum atomic E-state index is 0.806. The molecular weight excluding hydrogens is 853 g/mol. The maximum atomic E-state index is 6.72. The largest absolute Gasteiger partial charge is 0.456 e. The third-order valence-corrected chi connectivity index (χ3v) is 14.2. The van der Waals surface area contributed by atoms with Gasteiger partial charge in [-0.25, -0.2) is 0 Å². The van der Waals surface area contributed by atoms with Crippen LogP contribution in [0.1, 0.15) is 22.3 Å². The fraction of sp³-hybridized carbons (Fsp3) is 0.0606. The van der Waals surface area contributed by atoms with Crippen molar-refractivity contribution in [3.8, 4) is 22.3 Å². The standard InChI is InChI=1S/C66H48N2O2/c1-41-15-11-16-42(2)65(41)67(53-25-13-23-47(31-53)45-19-7-5-8-20-45)55-29-27-49-35-57-59-39-60-58-36-50-28-30-56(34-52(50)38-62(58)70-64(60)40-63(59)69-61(57)37-51(49)33-55)68(66-43(3)17-12-18-44(66)4)54-26-14-24-48(32-54)46-21-9-6-10-22-46/h5-40H,1-4H3. The lowest BCUT2D eigenvalue weighted by molar-refractivity contribution is 0.656. The summed E-state index contributed by atoms with van der Waals surface area (Å²) in [6, 6.07) is 78.8. The second-order valence-corrected chi connectivity index (χ2v) is 18.8. The molecule has 0 atom stereocenters. The Morgan fingerprint density at radius 2 is 0.614 bits per heavy atom. The maximum Gasteiger partial charge on any atom is 0.139 e. The first-order chi connectivity index (χ1) is 34.3. The van der Waals surface area contributed by atoms with Crippen molar-refractivity contribution in [3.63, 3.8) is 0 Å². The number of hydrogen-bond acceptors (Lipinski definition) is 4. The van der Waals surface area contributed by atoms with Gasteiger partial charge >= 0.3 is 0 Å². The van der Waals surface area contributed by atoms with E-state index in [2.05, 4.69) is 256 Å². The van der Waals surface area contributed by atoms with E-state index >= 15 is 0 Å². The Bertz CT molecular complexity index is 3870. The lowest BCUT2D eigenvalue weighted by atomic mass is 10.0. The zero-order valence-corrected chi connectivity index (χ0v) is 39.5. The second-order valence-electron chi connectivity index (χ2n) is 18.8. The normalized spacial score (nSPS) is 11.7. The predicted molar refractivity (Wildman–Crippen MR) is 295 cm³/mol. The third-order valence-electron chi connectivity index (χ3n) is 14.2. The number of anilines is 6. The van der Waals surface area contributed by atoms with Gasteiger partial charge in [0.05, 0.1) is 11.4 Å². The summed E-state index contributed by atoms with van der Waals surface area (Å²) in [6.07, 6.45) is 0.